The van der Waals surface area contributed by atoms with Gasteiger partial charge in [0.2, 0.25) is 11.9 Å². The molecule has 9 nitrogen and oxygen atoms in total. The van der Waals surface area contributed by atoms with Gasteiger partial charge in [0, 0.05) is 52.1 Å². The van der Waals surface area contributed by atoms with Gasteiger partial charge in [0.15, 0.2) is 0 Å². The lowest BCUT2D eigenvalue weighted by atomic mass is 10.2. The predicted octanol–water partition coefficient (Wildman–Crippen LogP) is 1.13. The van der Waals surface area contributed by atoms with Crippen LogP contribution in [0.4, 0.5) is 11.8 Å². The van der Waals surface area contributed by atoms with Crippen LogP contribution in [-0.4, -0.2) is 65.0 Å². The van der Waals surface area contributed by atoms with Crippen molar-refractivity contribution in [2.75, 3.05) is 37.5 Å². The molecule has 3 heterocycles. The van der Waals surface area contributed by atoms with Gasteiger partial charge >= 0.3 is 0 Å². The molecule has 2 atom stereocenters. The summed E-state index contributed by atoms with van der Waals surface area (Å²) < 4.78 is 7.55. The molecule has 0 aromatic carbocycles. The van der Waals surface area contributed by atoms with E-state index in [4.69, 9.17) is 4.74 Å². The number of hydrogen-bond acceptors (Lipinski definition) is 7. The van der Waals surface area contributed by atoms with Gasteiger partial charge < -0.3 is 20.3 Å². The van der Waals surface area contributed by atoms with E-state index >= 15 is 0 Å². The van der Waals surface area contributed by atoms with Gasteiger partial charge in [-0.1, -0.05) is 0 Å². The highest BCUT2D eigenvalue weighted by atomic mass is 16.5. The maximum absolute atomic E-state index is 12.4. The van der Waals surface area contributed by atoms with Gasteiger partial charge in [-0.05, 0) is 32.4 Å². The van der Waals surface area contributed by atoms with Gasteiger partial charge in [0.1, 0.15) is 5.82 Å². The number of nitrogens with one attached hydrogen (secondary N) is 2. The number of aromatic nitrogens is 4. The fourth-order valence-electron chi connectivity index (χ4n) is 3.55. The molecule has 9 heteroatoms. The van der Waals surface area contributed by atoms with Crippen molar-refractivity contribution in [3.8, 4) is 0 Å². The smallest absolute Gasteiger partial charge is 0.224 e. The third-order valence-electron chi connectivity index (χ3n) is 4.98. The molecule has 1 amide bonds. The van der Waals surface area contributed by atoms with Crippen LogP contribution in [0, 0.1) is 13.8 Å². The lowest BCUT2D eigenvalue weighted by Crippen LogP contribution is -2.43. The molecule has 1 aliphatic heterocycles. The highest BCUT2D eigenvalue weighted by Crippen LogP contribution is 2.21. The summed E-state index contributed by atoms with van der Waals surface area (Å²) in [5.74, 6) is 1.43. The van der Waals surface area contributed by atoms with Gasteiger partial charge in [-0.2, -0.15) is 10.1 Å². The van der Waals surface area contributed by atoms with Crippen molar-refractivity contribution in [1.82, 2.24) is 25.1 Å². The standard InChI is InChI=1S/C19H29N7O2/c1-13-10-14(2)26(24-13)9-5-6-18(27)22-15-11-25(12-16(15)28-4)17-7-8-21-19(20-3)23-17/h7-8,10,15-16H,5-6,9,11-12H2,1-4H3,(H,22,27)(H,20,21,23)/t15-,16+/m1/s1. The van der Waals surface area contributed by atoms with Crippen LogP contribution < -0.4 is 15.5 Å². The van der Waals surface area contributed by atoms with Crippen LogP contribution in [0.3, 0.4) is 0 Å². The van der Waals surface area contributed by atoms with E-state index in [0.29, 0.717) is 25.5 Å². The summed E-state index contributed by atoms with van der Waals surface area (Å²) in [5, 5.41) is 10.5. The van der Waals surface area contributed by atoms with Gasteiger partial charge in [-0.3, -0.25) is 9.48 Å². The number of ether oxygens (including phenoxy) is 1. The third-order valence-corrected chi connectivity index (χ3v) is 4.98. The molecule has 0 radical (unpaired) electrons. The third kappa shape index (κ3) is 4.78. The second-order valence-electron chi connectivity index (χ2n) is 7.10. The number of anilines is 2. The first kappa shape index (κ1) is 20.1. The van der Waals surface area contributed by atoms with Crippen LogP contribution in [0.2, 0.25) is 0 Å². The van der Waals surface area contributed by atoms with Crippen molar-refractivity contribution < 1.29 is 9.53 Å². The minimum Gasteiger partial charge on any atom is -0.377 e. The van der Waals surface area contributed by atoms with Crippen molar-refractivity contribution in [3.63, 3.8) is 0 Å². The average Bonchev–Trinajstić information content (AvgIpc) is 3.24. The molecule has 0 aliphatic carbocycles. The van der Waals surface area contributed by atoms with Crippen LogP contribution in [0.5, 0.6) is 0 Å². The quantitative estimate of drug-likeness (QED) is 0.701. The zero-order chi connectivity index (χ0) is 20.1. The Bertz CT molecular complexity index is 807. The normalized spacial score (nSPS) is 19.1. The van der Waals surface area contributed by atoms with E-state index in [0.717, 1.165) is 30.2 Å². The minimum absolute atomic E-state index is 0.0361. The molecule has 3 rings (SSSR count). The first-order valence-electron chi connectivity index (χ1n) is 9.59. The zero-order valence-electron chi connectivity index (χ0n) is 17.0. The number of methoxy groups -OCH3 is 1. The second-order valence-corrected chi connectivity index (χ2v) is 7.10. The van der Waals surface area contributed by atoms with Gasteiger partial charge in [-0.25, -0.2) is 4.98 Å². The molecule has 2 aromatic rings. The molecule has 0 saturated carbocycles. The van der Waals surface area contributed by atoms with Gasteiger partial charge in [0.25, 0.3) is 0 Å². The minimum atomic E-state index is -0.0760. The predicted molar refractivity (Wildman–Crippen MR) is 107 cm³/mol. The lowest BCUT2D eigenvalue weighted by molar-refractivity contribution is -0.122. The fraction of sp³-hybridized carbons (Fsp3) is 0.579. The summed E-state index contributed by atoms with van der Waals surface area (Å²) in [4.78, 5) is 23.2. The Labute approximate surface area is 165 Å². The first-order chi connectivity index (χ1) is 13.5. The molecule has 1 fully saturated rings. The Morgan fingerprint density at radius 1 is 1.36 bits per heavy atom. The van der Waals surface area contributed by atoms with E-state index in [1.54, 1.807) is 20.4 Å². The summed E-state index contributed by atoms with van der Waals surface area (Å²) in [6.07, 6.45) is 2.86. The number of amides is 1. The molecular formula is C19H29N7O2. The second kappa shape index (κ2) is 9.01. The fourth-order valence-corrected chi connectivity index (χ4v) is 3.55. The summed E-state index contributed by atoms with van der Waals surface area (Å²) in [6, 6.07) is 3.84. The van der Waals surface area contributed by atoms with E-state index in [9.17, 15) is 4.79 Å². The number of nitrogens with zero attached hydrogens (tertiary/aromatic N) is 5. The Balaban J connectivity index is 1.52. The maximum Gasteiger partial charge on any atom is 0.224 e. The van der Waals surface area contributed by atoms with E-state index < -0.39 is 0 Å². The van der Waals surface area contributed by atoms with Crippen molar-refractivity contribution in [3.05, 3.63) is 29.7 Å². The topological polar surface area (TPSA) is 97.2 Å². The largest absolute Gasteiger partial charge is 0.377 e. The summed E-state index contributed by atoms with van der Waals surface area (Å²) in [7, 11) is 3.46. The maximum atomic E-state index is 12.4. The Morgan fingerprint density at radius 2 is 2.18 bits per heavy atom. The number of aryl methyl sites for hydroxylation is 3. The highest BCUT2D eigenvalue weighted by molar-refractivity contribution is 5.76. The average molecular weight is 387 g/mol. The van der Waals surface area contributed by atoms with Gasteiger partial charge in [0.05, 0.1) is 17.8 Å². The monoisotopic (exact) mass is 387 g/mol. The SMILES string of the molecule is CNc1nccc(N2C[C@H](OC)[C@H](NC(=O)CCCn3nc(C)cc3C)C2)n1. The summed E-state index contributed by atoms with van der Waals surface area (Å²) in [6.45, 7) is 6.08. The van der Waals surface area contributed by atoms with Crippen molar-refractivity contribution in [2.24, 2.45) is 0 Å². The highest BCUT2D eigenvalue weighted by Gasteiger charge is 2.34. The molecule has 152 valence electrons. The van der Waals surface area contributed by atoms with E-state index in [1.807, 2.05) is 30.7 Å². The van der Waals surface area contributed by atoms with E-state index in [2.05, 4.69) is 30.6 Å². The van der Waals surface area contributed by atoms with Crippen molar-refractivity contribution >= 4 is 17.7 Å². The first-order valence-corrected chi connectivity index (χ1v) is 9.59. The van der Waals surface area contributed by atoms with Crippen LogP contribution in [0.15, 0.2) is 18.3 Å². The number of carbonyl (C=O) groups is 1. The molecule has 2 aromatic heterocycles. The Kier molecular flexibility index (Phi) is 6.45. The van der Waals surface area contributed by atoms with E-state index in [-0.39, 0.29) is 18.1 Å². The molecule has 28 heavy (non-hydrogen) atoms. The number of carbonyl (C=O) groups excluding carboxylic acids is 1. The van der Waals surface area contributed by atoms with Crippen molar-refractivity contribution in [1.29, 1.82) is 0 Å². The number of rotatable bonds is 8. The van der Waals surface area contributed by atoms with Gasteiger partial charge in [-0.15, -0.1) is 0 Å². The van der Waals surface area contributed by atoms with Crippen LogP contribution >= 0.6 is 0 Å². The number of hydrogen-bond donors (Lipinski definition) is 2. The van der Waals surface area contributed by atoms with Crippen molar-refractivity contribution in [2.45, 2.75) is 45.4 Å². The Morgan fingerprint density at radius 3 is 2.86 bits per heavy atom. The molecule has 1 saturated heterocycles. The molecule has 2 N–H and O–H groups in total. The van der Waals surface area contributed by atoms with Crippen LogP contribution in [0.1, 0.15) is 24.2 Å². The lowest BCUT2D eigenvalue weighted by Gasteiger charge is -2.18. The van der Waals surface area contributed by atoms with E-state index in [1.165, 1.54) is 0 Å². The molecular weight excluding hydrogens is 358 g/mol. The van der Waals surface area contributed by atoms with Crippen LogP contribution in [0.25, 0.3) is 0 Å². The molecule has 0 bridgehead atoms. The molecule has 0 unspecified atom stereocenters. The molecule has 0 spiro atoms. The summed E-state index contributed by atoms with van der Waals surface area (Å²) in [5.41, 5.74) is 2.12. The Hall–Kier alpha value is -2.68. The zero-order valence-corrected chi connectivity index (χ0v) is 17.0. The summed E-state index contributed by atoms with van der Waals surface area (Å²) >= 11 is 0. The molecule has 1 aliphatic rings. The van der Waals surface area contributed by atoms with Crippen LogP contribution in [-0.2, 0) is 16.1 Å².